The molecule has 9 nitrogen and oxygen atoms in total. The average molecular weight is 442 g/mol. The number of ketones is 2. The number of carbonyl (C=O) groups excluding carboxylic acids is 2. The van der Waals surface area contributed by atoms with E-state index in [2.05, 4.69) is 0 Å². The van der Waals surface area contributed by atoms with Crippen LogP contribution in [0.15, 0.2) is 18.2 Å². The van der Waals surface area contributed by atoms with Crippen molar-refractivity contribution in [3.05, 3.63) is 51.6 Å². The van der Waals surface area contributed by atoms with E-state index in [-0.39, 0.29) is 59.6 Å². The fourth-order valence-electron chi connectivity index (χ4n) is 5.07. The molecule has 1 fully saturated rings. The quantitative estimate of drug-likeness (QED) is 0.433. The Balaban J connectivity index is 1.73. The van der Waals surface area contributed by atoms with Gasteiger partial charge in [-0.3, -0.25) is 9.59 Å². The van der Waals surface area contributed by atoms with Crippen LogP contribution in [0, 0.1) is 0 Å². The minimum Gasteiger partial charge on any atom is -0.507 e. The Morgan fingerprint density at radius 2 is 1.69 bits per heavy atom. The molecule has 2 aromatic rings. The second-order valence-corrected chi connectivity index (χ2v) is 8.45. The molecule has 2 aromatic carbocycles. The number of carbonyl (C=O) groups is 2. The Hall–Kier alpha value is -2.98. The molecule has 0 aromatic heterocycles. The van der Waals surface area contributed by atoms with Gasteiger partial charge in [0.1, 0.15) is 22.8 Å². The zero-order valence-corrected chi connectivity index (χ0v) is 17.5. The average Bonchev–Trinajstić information content (AvgIpc) is 3.22. The number of rotatable bonds is 2. The Bertz CT molecular complexity index is 1180. The molecule has 0 bridgehead atoms. The van der Waals surface area contributed by atoms with E-state index < -0.39 is 46.1 Å². The maximum atomic E-state index is 13.3. The van der Waals surface area contributed by atoms with Gasteiger partial charge in [0.15, 0.2) is 11.6 Å². The monoisotopic (exact) mass is 442 g/mol. The summed E-state index contributed by atoms with van der Waals surface area (Å²) in [6.45, 7) is 2.02. The minimum atomic E-state index is -1.75. The molecule has 3 aliphatic rings. The van der Waals surface area contributed by atoms with Crippen LogP contribution >= 0.6 is 0 Å². The van der Waals surface area contributed by atoms with Crippen molar-refractivity contribution in [2.24, 2.45) is 0 Å². The zero-order chi connectivity index (χ0) is 23.0. The van der Waals surface area contributed by atoms with Crippen molar-refractivity contribution >= 4 is 11.6 Å². The fourth-order valence-corrected chi connectivity index (χ4v) is 5.07. The molecule has 0 spiro atoms. The fraction of sp³-hybridized carbons (Fsp3) is 0.391. The number of aliphatic hydroxyl groups excluding tert-OH is 1. The van der Waals surface area contributed by atoms with Gasteiger partial charge in [0.2, 0.25) is 5.78 Å². The van der Waals surface area contributed by atoms with E-state index in [1.807, 2.05) is 0 Å². The van der Waals surface area contributed by atoms with E-state index in [0.29, 0.717) is 0 Å². The maximum absolute atomic E-state index is 13.3. The van der Waals surface area contributed by atoms with E-state index in [1.54, 1.807) is 6.07 Å². The lowest BCUT2D eigenvalue weighted by atomic mass is 9.70. The highest BCUT2D eigenvalue weighted by Crippen LogP contribution is 2.53. The first kappa shape index (κ1) is 20.9. The second-order valence-electron chi connectivity index (χ2n) is 8.45. The summed E-state index contributed by atoms with van der Waals surface area (Å²) in [5.41, 5.74) is -2.66. The Morgan fingerprint density at radius 1 is 1.03 bits per heavy atom. The number of phenolic OH excluding ortho intramolecular Hbond substituents is 2. The summed E-state index contributed by atoms with van der Waals surface area (Å²) in [5, 5.41) is 44.3. The molecule has 9 heteroatoms. The van der Waals surface area contributed by atoms with Crippen molar-refractivity contribution in [2.45, 2.75) is 37.3 Å². The summed E-state index contributed by atoms with van der Waals surface area (Å²) >= 11 is 0. The van der Waals surface area contributed by atoms with Crippen LogP contribution in [0.2, 0.25) is 0 Å². The largest absolute Gasteiger partial charge is 0.507 e. The first-order valence-corrected chi connectivity index (χ1v) is 10.2. The number of hydrogen-bond acceptors (Lipinski definition) is 9. The molecule has 168 valence electrons. The minimum absolute atomic E-state index is 0.0239. The molecular weight excluding hydrogens is 420 g/mol. The zero-order valence-electron chi connectivity index (χ0n) is 17.5. The van der Waals surface area contributed by atoms with Crippen LogP contribution in [0.1, 0.15) is 62.4 Å². The first-order chi connectivity index (χ1) is 15.1. The Kier molecular flexibility index (Phi) is 4.41. The van der Waals surface area contributed by atoms with Gasteiger partial charge in [-0.1, -0.05) is 12.1 Å². The molecule has 5 rings (SSSR count). The normalized spacial score (nSPS) is 25.8. The van der Waals surface area contributed by atoms with E-state index in [1.165, 1.54) is 26.2 Å². The lowest BCUT2D eigenvalue weighted by Crippen LogP contribution is -2.57. The van der Waals surface area contributed by atoms with Crippen LogP contribution in [-0.4, -0.2) is 63.7 Å². The number of phenols is 2. The molecule has 1 heterocycles. The van der Waals surface area contributed by atoms with Gasteiger partial charge in [0.05, 0.1) is 43.1 Å². The van der Waals surface area contributed by atoms with E-state index in [9.17, 15) is 30.0 Å². The molecule has 2 atom stereocenters. The van der Waals surface area contributed by atoms with Gasteiger partial charge in [-0.15, -0.1) is 0 Å². The smallest absolute Gasteiger partial charge is 0.202 e. The molecule has 0 unspecified atom stereocenters. The van der Waals surface area contributed by atoms with Crippen molar-refractivity contribution < 1.29 is 44.2 Å². The van der Waals surface area contributed by atoms with Gasteiger partial charge in [-0.05, 0) is 13.0 Å². The first-order valence-electron chi connectivity index (χ1n) is 10.2. The van der Waals surface area contributed by atoms with Crippen LogP contribution in [0.5, 0.6) is 17.2 Å². The summed E-state index contributed by atoms with van der Waals surface area (Å²) in [6.07, 6.45) is -1.99. The highest BCUT2D eigenvalue weighted by atomic mass is 16.7. The Morgan fingerprint density at radius 3 is 2.34 bits per heavy atom. The lowest BCUT2D eigenvalue weighted by Gasteiger charge is -2.45. The molecule has 1 aliphatic heterocycles. The highest BCUT2D eigenvalue weighted by molar-refractivity contribution is 6.31. The Labute approximate surface area is 182 Å². The van der Waals surface area contributed by atoms with Crippen molar-refractivity contribution in [1.82, 2.24) is 0 Å². The highest BCUT2D eigenvalue weighted by Gasteiger charge is 2.56. The summed E-state index contributed by atoms with van der Waals surface area (Å²) in [6, 6.07) is 4.49. The van der Waals surface area contributed by atoms with E-state index in [0.717, 1.165) is 0 Å². The van der Waals surface area contributed by atoms with Gasteiger partial charge >= 0.3 is 0 Å². The number of aromatic hydroxyl groups is 2. The molecule has 0 saturated carbocycles. The molecule has 2 aliphatic carbocycles. The molecular formula is C23H22O9. The number of ether oxygens (including phenoxy) is 3. The van der Waals surface area contributed by atoms with Gasteiger partial charge in [0.25, 0.3) is 0 Å². The van der Waals surface area contributed by atoms with Crippen LogP contribution in [0.4, 0.5) is 0 Å². The second kappa shape index (κ2) is 6.76. The van der Waals surface area contributed by atoms with Crippen LogP contribution in [-0.2, 0) is 15.9 Å². The van der Waals surface area contributed by atoms with Crippen molar-refractivity contribution in [3.8, 4) is 17.2 Å². The number of benzene rings is 2. The third-order valence-corrected chi connectivity index (χ3v) is 6.78. The summed E-state index contributed by atoms with van der Waals surface area (Å²) in [7, 11) is 1.35. The van der Waals surface area contributed by atoms with Crippen molar-refractivity contribution in [1.29, 1.82) is 0 Å². The third kappa shape index (κ3) is 2.53. The maximum Gasteiger partial charge on any atom is 0.202 e. The van der Waals surface area contributed by atoms with E-state index in [4.69, 9.17) is 14.2 Å². The SMILES string of the molecule is COc1cccc2c1C(=O)c1c(O)c3c(c(O)c1C2=O)C[C@@](O)(C1(C)OCCO1)C[C@H]3O. The van der Waals surface area contributed by atoms with Crippen molar-refractivity contribution in [3.63, 3.8) is 0 Å². The topological polar surface area (TPSA) is 143 Å². The molecule has 0 radical (unpaired) electrons. The van der Waals surface area contributed by atoms with Gasteiger partial charge in [-0.2, -0.15) is 0 Å². The predicted molar refractivity (Wildman–Crippen MR) is 108 cm³/mol. The van der Waals surface area contributed by atoms with Gasteiger partial charge in [0, 0.05) is 29.5 Å². The predicted octanol–water partition coefficient (Wildman–Crippen LogP) is 1.36. The van der Waals surface area contributed by atoms with Gasteiger partial charge in [-0.25, -0.2) is 0 Å². The van der Waals surface area contributed by atoms with Gasteiger partial charge < -0.3 is 34.6 Å². The number of methoxy groups -OCH3 is 1. The summed E-state index contributed by atoms with van der Waals surface area (Å²) < 4.78 is 16.4. The molecule has 4 N–H and O–H groups in total. The van der Waals surface area contributed by atoms with Crippen LogP contribution in [0.3, 0.4) is 0 Å². The number of hydrogen-bond donors (Lipinski definition) is 4. The molecule has 32 heavy (non-hydrogen) atoms. The third-order valence-electron chi connectivity index (χ3n) is 6.78. The van der Waals surface area contributed by atoms with Crippen LogP contribution < -0.4 is 4.74 Å². The number of fused-ring (bicyclic) bond motifs is 3. The lowest BCUT2D eigenvalue weighted by molar-refractivity contribution is -0.269. The molecule has 0 amide bonds. The number of aliphatic hydroxyl groups is 2. The summed E-state index contributed by atoms with van der Waals surface area (Å²) in [4.78, 5) is 26.6. The standard InChI is InChI=1S/C23H22O9/c1-22(31-6-7-32-22)23(29)8-11-14(12(24)9-23)20(27)17-16(19(11)26)18(25)10-4-3-5-13(30-2)15(10)21(17)28/h3-5,12,24,26-27,29H,6-9H2,1-2H3/t12-,23+/m1/s1. The summed E-state index contributed by atoms with van der Waals surface area (Å²) in [5.74, 6) is -3.85. The van der Waals surface area contributed by atoms with Crippen LogP contribution in [0.25, 0.3) is 0 Å². The molecule has 1 saturated heterocycles. The van der Waals surface area contributed by atoms with E-state index >= 15 is 0 Å². The van der Waals surface area contributed by atoms with Crippen molar-refractivity contribution in [2.75, 3.05) is 20.3 Å².